The van der Waals surface area contributed by atoms with Gasteiger partial charge < -0.3 is 14.0 Å². The highest BCUT2D eigenvalue weighted by atomic mass is 16.6. The second-order valence-corrected chi connectivity index (χ2v) is 14.3. The maximum atomic E-state index is 13.3. The zero-order valence-electron chi connectivity index (χ0n) is 22.6. The highest BCUT2D eigenvalue weighted by molar-refractivity contribution is 5.73. The summed E-state index contributed by atoms with van der Waals surface area (Å²) in [6.07, 6.45) is 10.1. The van der Waals surface area contributed by atoms with Crippen molar-refractivity contribution < 1.29 is 23.5 Å². The van der Waals surface area contributed by atoms with Crippen molar-refractivity contribution in [3.05, 3.63) is 0 Å². The first-order valence-electron chi connectivity index (χ1n) is 14.1. The smallest absolute Gasteiger partial charge is 0.362 e. The number of esters is 2. The lowest BCUT2D eigenvalue weighted by Crippen LogP contribution is -2.58. The van der Waals surface area contributed by atoms with E-state index in [0.717, 1.165) is 51.6 Å². The summed E-state index contributed by atoms with van der Waals surface area (Å²) in [5.41, 5.74) is 0.597. The average molecular weight is 475 g/mol. The Hall–Kier alpha value is -1.10. The molecule has 5 rings (SSSR count). The third-order valence-electron chi connectivity index (χ3n) is 12.7. The Labute approximate surface area is 206 Å². The topological polar surface area (TPSA) is 52.6 Å². The van der Waals surface area contributed by atoms with Gasteiger partial charge in [0.05, 0.1) is 13.1 Å². The van der Waals surface area contributed by atoms with Gasteiger partial charge in [-0.05, 0) is 80.5 Å². The van der Waals surface area contributed by atoms with Crippen LogP contribution >= 0.6 is 0 Å². The van der Waals surface area contributed by atoms with E-state index >= 15 is 0 Å². The first kappa shape index (κ1) is 24.6. The molecule has 4 bridgehead atoms. The molecule has 0 aromatic carbocycles. The van der Waals surface area contributed by atoms with E-state index < -0.39 is 0 Å². The molecule has 0 aromatic rings. The van der Waals surface area contributed by atoms with Crippen molar-refractivity contribution >= 4 is 11.9 Å². The number of fused-ring (bicyclic) bond motifs is 4. The molecule has 0 N–H and O–H groups in total. The highest BCUT2D eigenvalue weighted by Gasteiger charge is 2.64. The summed E-state index contributed by atoms with van der Waals surface area (Å²) in [4.78, 5) is 26.6. The number of hydrogen-bond donors (Lipinski definition) is 0. The summed E-state index contributed by atoms with van der Waals surface area (Å²) < 4.78 is 12.9. The van der Waals surface area contributed by atoms with Crippen LogP contribution in [0.2, 0.25) is 0 Å². The van der Waals surface area contributed by atoms with Crippen LogP contribution in [-0.4, -0.2) is 54.8 Å². The highest BCUT2D eigenvalue weighted by Crippen LogP contribution is 2.67. The molecule has 5 nitrogen and oxygen atoms in total. The Kier molecular flexibility index (Phi) is 5.75. The van der Waals surface area contributed by atoms with Gasteiger partial charge in [0.25, 0.3) is 0 Å². The van der Waals surface area contributed by atoms with Crippen molar-refractivity contribution in [1.29, 1.82) is 0 Å². The van der Waals surface area contributed by atoms with Gasteiger partial charge in [0.15, 0.2) is 13.1 Å². The number of hydrogen-bond acceptors (Lipinski definition) is 4. The second kappa shape index (κ2) is 7.95. The SMILES string of the molecule is CC1(C)C2CCC1(C)C(OC(=O)C[N+]1(CC(=O)OC3CC4CCC3(C)C4(C)C)CCCCC1)C2. The van der Waals surface area contributed by atoms with Gasteiger partial charge in [-0.25, -0.2) is 9.59 Å². The molecule has 5 aliphatic rings. The molecule has 5 heteroatoms. The monoisotopic (exact) mass is 474 g/mol. The van der Waals surface area contributed by atoms with Crippen LogP contribution in [0.25, 0.3) is 0 Å². The van der Waals surface area contributed by atoms with Gasteiger partial charge in [-0.1, -0.05) is 41.5 Å². The Balaban J connectivity index is 1.23. The molecule has 1 heterocycles. The van der Waals surface area contributed by atoms with Crippen molar-refractivity contribution in [2.24, 2.45) is 33.5 Å². The van der Waals surface area contributed by atoms with Crippen molar-refractivity contribution in [3.8, 4) is 0 Å². The molecular formula is C29H48NO4+. The van der Waals surface area contributed by atoms with E-state index in [1.807, 2.05) is 0 Å². The Morgan fingerprint density at radius 2 is 1.12 bits per heavy atom. The van der Waals surface area contributed by atoms with E-state index in [4.69, 9.17) is 9.47 Å². The van der Waals surface area contributed by atoms with Crippen LogP contribution < -0.4 is 0 Å². The maximum absolute atomic E-state index is 13.3. The van der Waals surface area contributed by atoms with Gasteiger partial charge in [0.2, 0.25) is 0 Å². The minimum absolute atomic E-state index is 0.0155. The number of nitrogens with zero attached hydrogens (tertiary/aromatic N) is 1. The summed E-state index contributed by atoms with van der Waals surface area (Å²) in [5.74, 6) is 1.07. The zero-order valence-corrected chi connectivity index (χ0v) is 22.6. The Morgan fingerprint density at radius 3 is 1.44 bits per heavy atom. The van der Waals surface area contributed by atoms with E-state index in [-0.39, 0.29) is 45.8 Å². The fraction of sp³-hybridized carbons (Fsp3) is 0.931. The quantitative estimate of drug-likeness (QED) is 0.377. The van der Waals surface area contributed by atoms with Crippen LogP contribution in [0.3, 0.4) is 0 Å². The summed E-state index contributed by atoms with van der Waals surface area (Å²) in [5, 5.41) is 0. The number of piperidine rings is 1. The Morgan fingerprint density at radius 1 is 0.706 bits per heavy atom. The van der Waals surface area contributed by atoms with Crippen molar-refractivity contribution in [2.75, 3.05) is 26.2 Å². The predicted molar refractivity (Wildman–Crippen MR) is 132 cm³/mol. The third kappa shape index (κ3) is 3.50. The lowest BCUT2D eigenvalue weighted by Gasteiger charge is -2.42. The number of carbonyl (C=O) groups excluding carboxylic acids is 2. The third-order valence-corrected chi connectivity index (χ3v) is 12.7. The first-order chi connectivity index (χ1) is 15.8. The van der Waals surface area contributed by atoms with E-state index in [2.05, 4.69) is 41.5 Å². The van der Waals surface area contributed by atoms with E-state index in [9.17, 15) is 9.59 Å². The number of likely N-dealkylation sites (tertiary alicyclic amines) is 1. The van der Waals surface area contributed by atoms with Crippen LogP contribution in [-0.2, 0) is 19.1 Å². The van der Waals surface area contributed by atoms with E-state index in [1.54, 1.807) is 0 Å². The van der Waals surface area contributed by atoms with E-state index in [0.29, 0.717) is 29.4 Å². The first-order valence-corrected chi connectivity index (χ1v) is 14.1. The minimum Gasteiger partial charge on any atom is -0.458 e. The molecule has 4 saturated carbocycles. The molecule has 0 aromatic heterocycles. The number of carbonyl (C=O) groups is 2. The van der Waals surface area contributed by atoms with Crippen LogP contribution in [0.4, 0.5) is 0 Å². The number of ether oxygens (including phenoxy) is 2. The molecule has 1 aliphatic heterocycles. The molecule has 0 radical (unpaired) electrons. The fourth-order valence-corrected chi connectivity index (χ4v) is 9.11. The summed E-state index contributed by atoms with van der Waals surface area (Å²) in [6.45, 7) is 16.4. The van der Waals surface area contributed by atoms with Crippen LogP contribution in [0.15, 0.2) is 0 Å². The molecule has 6 unspecified atom stereocenters. The second-order valence-electron chi connectivity index (χ2n) is 14.3. The molecule has 6 atom stereocenters. The molecule has 1 saturated heterocycles. The summed E-state index contributed by atoms with van der Waals surface area (Å²) in [7, 11) is 0. The zero-order chi connectivity index (χ0) is 24.6. The normalized spacial score (nSPS) is 43.1. The molecule has 4 aliphatic carbocycles. The van der Waals surface area contributed by atoms with Crippen LogP contribution in [0.1, 0.15) is 99.3 Å². The standard InChI is InChI=1S/C29H48NO4/c1-26(2)20-10-12-28(26,5)22(16-20)33-24(31)18-30(14-8-7-9-15-30)19-25(32)34-23-17-21-11-13-29(23,6)27(21,3)4/h20-23H,7-19H2,1-6H3/q+1. The summed E-state index contributed by atoms with van der Waals surface area (Å²) >= 11 is 0. The van der Waals surface area contributed by atoms with Crippen molar-refractivity contribution in [1.82, 2.24) is 0 Å². The van der Waals surface area contributed by atoms with Gasteiger partial charge in [-0.3, -0.25) is 0 Å². The largest absolute Gasteiger partial charge is 0.458 e. The van der Waals surface area contributed by atoms with Gasteiger partial charge in [-0.2, -0.15) is 0 Å². The lowest BCUT2D eigenvalue weighted by molar-refractivity contribution is -0.919. The molecule has 34 heavy (non-hydrogen) atoms. The maximum Gasteiger partial charge on any atom is 0.362 e. The molecule has 5 fully saturated rings. The predicted octanol–water partition coefficient (Wildman–Crippen LogP) is 5.50. The fourth-order valence-electron chi connectivity index (χ4n) is 9.11. The summed E-state index contributed by atoms with van der Waals surface area (Å²) in [6, 6.07) is 0. The van der Waals surface area contributed by atoms with Gasteiger partial charge in [0.1, 0.15) is 12.2 Å². The average Bonchev–Trinajstić information content (AvgIpc) is 3.26. The minimum atomic E-state index is -0.114. The lowest BCUT2D eigenvalue weighted by atomic mass is 9.70. The van der Waals surface area contributed by atoms with E-state index in [1.165, 1.54) is 19.3 Å². The van der Waals surface area contributed by atoms with Gasteiger partial charge in [0, 0.05) is 10.8 Å². The number of rotatable bonds is 6. The van der Waals surface area contributed by atoms with Crippen LogP contribution in [0, 0.1) is 33.5 Å². The molecule has 192 valence electrons. The number of quaternary nitrogens is 1. The van der Waals surface area contributed by atoms with Crippen molar-refractivity contribution in [2.45, 2.75) is 112 Å². The molecule has 0 amide bonds. The Bertz CT molecular complexity index is 781. The van der Waals surface area contributed by atoms with Crippen LogP contribution in [0.5, 0.6) is 0 Å². The molecule has 0 spiro atoms. The molecular weight excluding hydrogens is 426 g/mol. The van der Waals surface area contributed by atoms with Gasteiger partial charge >= 0.3 is 11.9 Å². The van der Waals surface area contributed by atoms with Crippen molar-refractivity contribution in [3.63, 3.8) is 0 Å². The van der Waals surface area contributed by atoms with Gasteiger partial charge in [-0.15, -0.1) is 0 Å².